The number of carbonyl (C=O) groups excluding carboxylic acids is 1. The first-order valence-electron chi connectivity index (χ1n) is 10.1. The van der Waals surface area contributed by atoms with E-state index in [1.807, 2.05) is 6.07 Å². The number of esters is 1. The molecule has 0 unspecified atom stereocenters. The number of quaternary nitrogens is 1. The molecule has 4 saturated heterocycles. The Kier molecular flexibility index (Phi) is 2.74. The molecule has 8 atom stereocenters. The molecule has 1 aliphatic carbocycles. The Hall–Kier alpha value is -1.85. The van der Waals surface area contributed by atoms with E-state index in [0.29, 0.717) is 6.04 Å². The third kappa shape index (κ3) is 1.37. The highest BCUT2D eigenvalue weighted by molar-refractivity contribution is 5.83. The number of aliphatic hydroxyl groups is 1. The van der Waals surface area contributed by atoms with Crippen LogP contribution in [0.5, 0.6) is 0 Å². The van der Waals surface area contributed by atoms with Gasteiger partial charge in [0.25, 0.3) is 0 Å². The largest absolute Gasteiger partial charge is 0.468 e. The summed E-state index contributed by atoms with van der Waals surface area (Å²) < 4.78 is 6.24. The van der Waals surface area contributed by atoms with E-state index < -0.39 is 16.9 Å². The van der Waals surface area contributed by atoms with Crippen molar-refractivity contribution in [1.82, 2.24) is 0 Å². The van der Waals surface area contributed by atoms with Gasteiger partial charge in [-0.3, -0.25) is 4.79 Å². The lowest BCUT2D eigenvalue weighted by molar-refractivity contribution is -0.975. The molecule has 1 spiro atoms. The number of hydrogen-bond donors (Lipinski definition) is 2. The van der Waals surface area contributed by atoms with Gasteiger partial charge < -0.3 is 19.6 Å². The number of fused-ring (bicyclic) bond motifs is 2. The summed E-state index contributed by atoms with van der Waals surface area (Å²) in [5, 5.41) is 15.8. The molecule has 5 fully saturated rings. The van der Waals surface area contributed by atoms with Gasteiger partial charge in [0.15, 0.2) is 5.41 Å². The normalized spacial score (nSPS) is 51.9. The second-order valence-corrected chi connectivity index (χ2v) is 9.48. The van der Waals surface area contributed by atoms with Gasteiger partial charge in [-0.05, 0) is 24.1 Å². The van der Waals surface area contributed by atoms with E-state index >= 15 is 0 Å². The molecular weight excluding hydrogens is 340 g/mol. The minimum atomic E-state index is -0.839. The van der Waals surface area contributed by atoms with Crippen LogP contribution in [0.1, 0.15) is 25.3 Å². The molecule has 0 aromatic heterocycles. The first-order valence-corrected chi connectivity index (χ1v) is 10.1. The summed E-state index contributed by atoms with van der Waals surface area (Å²) in [7, 11) is 3.78. The molecule has 5 aliphatic heterocycles. The molecule has 5 bridgehead atoms. The summed E-state index contributed by atoms with van der Waals surface area (Å²) in [5.41, 5.74) is 2.41. The van der Waals surface area contributed by atoms with Gasteiger partial charge in [-0.15, -0.1) is 0 Å². The molecule has 6 aliphatic rings. The van der Waals surface area contributed by atoms with Crippen LogP contribution in [0.15, 0.2) is 35.9 Å². The summed E-state index contributed by atoms with van der Waals surface area (Å²) in [6, 6.07) is 9.05. The molecule has 5 heteroatoms. The number of para-hydroxylation sites is 1. The van der Waals surface area contributed by atoms with Crippen molar-refractivity contribution in [3.63, 3.8) is 0 Å². The summed E-state index contributed by atoms with van der Waals surface area (Å²) in [4.78, 5) is 13.4. The van der Waals surface area contributed by atoms with Gasteiger partial charge in [0.2, 0.25) is 0 Å². The third-order valence-electron chi connectivity index (χ3n) is 9.11. The second kappa shape index (κ2) is 4.58. The number of methoxy groups -OCH3 is 1. The van der Waals surface area contributed by atoms with Crippen LogP contribution in [0.2, 0.25) is 0 Å². The maximum absolute atomic E-state index is 13.4. The fourth-order valence-corrected chi connectivity index (χ4v) is 8.23. The molecule has 5 heterocycles. The maximum atomic E-state index is 13.4. The Morgan fingerprint density at radius 3 is 2.93 bits per heavy atom. The maximum Gasteiger partial charge on any atom is 0.321 e. The van der Waals surface area contributed by atoms with E-state index in [9.17, 15) is 9.90 Å². The molecule has 5 nitrogen and oxygen atoms in total. The zero-order valence-corrected chi connectivity index (χ0v) is 16.1. The fourth-order valence-electron chi connectivity index (χ4n) is 8.23. The van der Waals surface area contributed by atoms with Crippen molar-refractivity contribution in [2.75, 3.05) is 26.0 Å². The molecule has 2 N–H and O–H groups in total. The molecule has 1 aromatic carbocycles. The number of anilines is 1. The SMILES string of the molecule is C/C=C1\C[N@+]2(C)[C@H]3C[C@H]1[C@@]1(C(=O)OC)[C@H](O)[C@]4(C[C@@H]12)c1ccccc1N[C@@H]34. The molecular formula is C22H27N2O3+. The molecule has 0 radical (unpaired) electrons. The lowest BCUT2D eigenvalue weighted by Crippen LogP contribution is -2.79. The Balaban J connectivity index is 1.68. The highest BCUT2D eigenvalue weighted by Crippen LogP contribution is 2.73. The van der Waals surface area contributed by atoms with E-state index in [2.05, 4.69) is 43.6 Å². The molecule has 1 aromatic rings. The zero-order valence-electron chi connectivity index (χ0n) is 16.1. The lowest BCUT2D eigenvalue weighted by Gasteiger charge is -2.64. The summed E-state index contributed by atoms with van der Waals surface area (Å²) in [6.45, 7) is 3.05. The summed E-state index contributed by atoms with van der Waals surface area (Å²) >= 11 is 0. The van der Waals surface area contributed by atoms with E-state index in [1.165, 1.54) is 18.2 Å². The minimum Gasteiger partial charge on any atom is -0.468 e. The van der Waals surface area contributed by atoms with Gasteiger partial charge in [-0.1, -0.05) is 24.3 Å². The third-order valence-corrected chi connectivity index (χ3v) is 9.11. The first-order chi connectivity index (χ1) is 13.0. The number of rotatable bonds is 1. The van der Waals surface area contributed by atoms with E-state index in [4.69, 9.17) is 4.74 Å². The van der Waals surface area contributed by atoms with Gasteiger partial charge in [-0.2, -0.15) is 0 Å². The number of benzene rings is 1. The van der Waals surface area contributed by atoms with Crippen molar-refractivity contribution in [2.24, 2.45) is 11.3 Å². The predicted octanol–water partition coefficient (Wildman–Crippen LogP) is 1.82. The number of nitrogens with zero attached hydrogens (tertiary/aromatic N) is 1. The predicted molar refractivity (Wildman–Crippen MR) is 101 cm³/mol. The van der Waals surface area contributed by atoms with E-state index in [0.717, 1.165) is 29.6 Å². The first kappa shape index (κ1) is 16.1. The standard InChI is InChI=1S/C22H27N2O3/c1-4-12-11-24(2)16-9-14(12)22(20(26)27-3)17(24)10-21(19(22)25)13-7-5-6-8-15(13)23-18(16)21/h4-8,14,16-19,23,25H,9-11H2,1-3H3/q+1/b12-4+/t14-,16+,17+,18+,19-,21-,22+,24-/m1/s1. The second-order valence-electron chi connectivity index (χ2n) is 9.48. The number of likely N-dealkylation sites (N-methyl/N-ethyl adjacent to an activating group) is 1. The van der Waals surface area contributed by atoms with Gasteiger partial charge >= 0.3 is 5.97 Å². The lowest BCUT2D eigenvalue weighted by atomic mass is 9.57. The number of aliphatic hydroxyl groups excluding tert-OH is 1. The van der Waals surface area contributed by atoms with Gasteiger partial charge in [0.05, 0.1) is 31.7 Å². The Morgan fingerprint density at radius 2 is 2.19 bits per heavy atom. The van der Waals surface area contributed by atoms with E-state index in [-0.39, 0.29) is 24.0 Å². The van der Waals surface area contributed by atoms with Crippen LogP contribution in [-0.2, 0) is 14.9 Å². The Morgan fingerprint density at radius 1 is 1.41 bits per heavy atom. The van der Waals surface area contributed by atoms with Crippen LogP contribution in [0.4, 0.5) is 5.69 Å². The minimum absolute atomic E-state index is 0.0823. The van der Waals surface area contributed by atoms with Crippen LogP contribution in [-0.4, -0.2) is 60.5 Å². The molecule has 1 saturated carbocycles. The quantitative estimate of drug-likeness (QED) is 0.452. The number of nitrogens with one attached hydrogen (secondary N) is 1. The molecule has 142 valence electrons. The van der Waals surface area contributed by atoms with Gasteiger partial charge in [0.1, 0.15) is 18.6 Å². The highest BCUT2D eigenvalue weighted by atomic mass is 16.5. The van der Waals surface area contributed by atoms with Crippen LogP contribution >= 0.6 is 0 Å². The van der Waals surface area contributed by atoms with Crippen molar-refractivity contribution in [2.45, 2.75) is 49.4 Å². The average molecular weight is 367 g/mol. The fraction of sp³-hybridized carbons (Fsp3) is 0.591. The van der Waals surface area contributed by atoms with Crippen molar-refractivity contribution in [1.29, 1.82) is 0 Å². The van der Waals surface area contributed by atoms with Crippen LogP contribution in [0, 0.1) is 11.3 Å². The smallest absolute Gasteiger partial charge is 0.321 e. The van der Waals surface area contributed by atoms with Crippen LogP contribution < -0.4 is 5.32 Å². The number of ether oxygens (including phenoxy) is 1. The summed E-state index contributed by atoms with van der Waals surface area (Å²) in [6.07, 6.45) is 3.23. The molecule has 0 amide bonds. The average Bonchev–Trinajstić information content (AvgIpc) is 3.13. The van der Waals surface area contributed by atoms with Gasteiger partial charge in [0, 0.05) is 24.4 Å². The van der Waals surface area contributed by atoms with Crippen molar-refractivity contribution in [3.05, 3.63) is 41.5 Å². The Labute approximate surface area is 159 Å². The van der Waals surface area contributed by atoms with Crippen molar-refractivity contribution >= 4 is 11.7 Å². The monoisotopic (exact) mass is 367 g/mol. The molecule has 27 heavy (non-hydrogen) atoms. The van der Waals surface area contributed by atoms with Crippen LogP contribution in [0.25, 0.3) is 0 Å². The van der Waals surface area contributed by atoms with Crippen molar-refractivity contribution < 1.29 is 19.1 Å². The zero-order chi connectivity index (χ0) is 18.8. The van der Waals surface area contributed by atoms with E-state index in [1.54, 1.807) is 0 Å². The molecule has 7 rings (SSSR count). The Bertz CT molecular complexity index is 913. The van der Waals surface area contributed by atoms with Crippen molar-refractivity contribution in [3.8, 4) is 0 Å². The van der Waals surface area contributed by atoms with Crippen LogP contribution in [0.3, 0.4) is 0 Å². The number of piperidine rings is 4. The highest BCUT2D eigenvalue weighted by Gasteiger charge is 2.87. The van der Waals surface area contributed by atoms with Gasteiger partial charge in [-0.25, -0.2) is 0 Å². The number of carbonyl (C=O) groups is 1. The number of hydrogen-bond acceptors (Lipinski definition) is 4. The number of allylic oxidation sites excluding steroid dienone is 1. The summed E-state index contributed by atoms with van der Waals surface area (Å²) in [5.74, 6) is -0.132. The topological polar surface area (TPSA) is 58.6 Å².